The van der Waals surface area contributed by atoms with E-state index in [0.717, 1.165) is 13.1 Å². The first-order chi connectivity index (χ1) is 4.33. The summed E-state index contributed by atoms with van der Waals surface area (Å²) in [5.41, 5.74) is 0. The Hall–Kier alpha value is -0.520. The quantitative estimate of drug-likeness (QED) is 0.488. The van der Waals surface area contributed by atoms with Crippen molar-refractivity contribution in [1.29, 1.82) is 0 Å². The molecule has 50 valence electrons. The summed E-state index contributed by atoms with van der Waals surface area (Å²) in [4.78, 5) is 0. The Labute approximate surface area is 56.0 Å². The van der Waals surface area contributed by atoms with E-state index < -0.39 is 0 Å². The van der Waals surface area contributed by atoms with E-state index in [2.05, 4.69) is 16.6 Å². The predicted octanol–water partition coefficient (Wildman–Crippen LogP) is -0.430. The van der Waals surface area contributed by atoms with Crippen LogP contribution in [0, 0.1) is 12.3 Å². The van der Waals surface area contributed by atoms with Crippen LogP contribution < -0.4 is 10.6 Å². The van der Waals surface area contributed by atoms with Gasteiger partial charge in [-0.3, -0.25) is 5.32 Å². The van der Waals surface area contributed by atoms with E-state index in [9.17, 15) is 0 Å². The third-order valence-electron chi connectivity index (χ3n) is 1.52. The molecule has 0 bridgehead atoms. The van der Waals surface area contributed by atoms with Gasteiger partial charge in [-0.2, -0.15) is 0 Å². The van der Waals surface area contributed by atoms with Gasteiger partial charge in [0.15, 0.2) is 0 Å². The molecule has 0 radical (unpaired) electrons. The second kappa shape index (κ2) is 2.86. The normalized spacial score (nSPS) is 22.2. The predicted molar refractivity (Wildman–Crippen MR) is 38.1 cm³/mol. The van der Waals surface area contributed by atoms with Crippen LogP contribution in [-0.4, -0.2) is 25.2 Å². The molecule has 1 fully saturated rings. The molecule has 2 nitrogen and oxygen atoms in total. The maximum Gasteiger partial charge on any atom is 0.0661 e. The van der Waals surface area contributed by atoms with Crippen molar-refractivity contribution in [1.82, 2.24) is 10.6 Å². The lowest BCUT2D eigenvalue weighted by Gasteiger charge is -2.29. The number of hydrogen-bond donors (Lipinski definition) is 2. The molecule has 0 amide bonds. The Kier molecular flexibility index (Phi) is 2.10. The van der Waals surface area contributed by atoms with Crippen LogP contribution in [0.1, 0.15) is 6.92 Å². The molecule has 0 aliphatic carbocycles. The highest BCUT2D eigenvalue weighted by molar-refractivity contribution is 4.99. The van der Waals surface area contributed by atoms with E-state index in [1.54, 1.807) is 0 Å². The SMILES string of the molecule is C#CC(C)NC1CNC1. The van der Waals surface area contributed by atoms with Crippen molar-refractivity contribution in [3.63, 3.8) is 0 Å². The molecular weight excluding hydrogens is 112 g/mol. The van der Waals surface area contributed by atoms with E-state index >= 15 is 0 Å². The maximum atomic E-state index is 5.17. The zero-order chi connectivity index (χ0) is 6.69. The van der Waals surface area contributed by atoms with Crippen LogP contribution in [0.2, 0.25) is 0 Å². The van der Waals surface area contributed by atoms with E-state index in [4.69, 9.17) is 6.42 Å². The Balaban J connectivity index is 2.10. The molecule has 0 saturated carbocycles. The smallest absolute Gasteiger partial charge is 0.0661 e. The number of hydrogen-bond acceptors (Lipinski definition) is 2. The summed E-state index contributed by atoms with van der Waals surface area (Å²) >= 11 is 0. The molecule has 0 aromatic carbocycles. The average molecular weight is 124 g/mol. The van der Waals surface area contributed by atoms with Gasteiger partial charge in [-0.25, -0.2) is 0 Å². The molecule has 0 aromatic heterocycles. The van der Waals surface area contributed by atoms with Crippen molar-refractivity contribution in [2.45, 2.75) is 19.0 Å². The molecule has 0 aromatic rings. The molecule has 2 heteroatoms. The minimum absolute atomic E-state index is 0.220. The van der Waals surface area contributed by atoms with Crippen LogP contribution in [0.5, 0.6) is 0 Å². The van der Waals surface area contributed by atoms with Gasteiger partial charge < -0.3 is 5.32 Å². The van der Waals surface area contributed by atoms with Crippen LogP contribution >= 0.6 is 0 Å². The summed E-state index contributed by atoms with van der Waals surface area (Å²) in [7, 11) is 0. The molecule has 1 saturated heterocycles. The number of terminal acetylenes is 1. The summed E-state index contributed by atoms with van der Waals surface area (Å²) in [5, 5.41) is 6.43. The molecule has 2 N–H and O–H groups in total. The summed E-state index contributed by atoms with van der Waals surface area (Å²) < 4.78 is 0. The Morgan fingerprint density at radius 1 is 1.78 bits per heavy atom. The van der Waals surface area contributed by atoms with Crippen LogP contribution in [-0.2, 0) is 0 Å². The van der Waals surface area contributed by atoms with Crippen LogP contribution in [0.4, 0.5) is 0 Å². The second-order valence-corrected chi connectivity index (χ2v) is 2.41. The fourth-order valence-corrected chi connectivity index (χ4v) is 0.808. The van der Waals surface area contributed by atoms with Gasteiger partial charge in [0.05, 0.1) is 6.04 Å². The fraction of sp³-hybridized carbons (Fsp3) is 0.714. The third kappa shape index (κ3) is 1.70. The van der Waals surface area contributed by atoms with E-state index in [0.29, 0.717) is 6.04 Å². The Bertz CT molecular complexity index is 121. The lowest BCUT2D eigenvalue weighted by Crippen LogP contribution is -2.57. The summed E-state index contributed by atoms with van der Waals surface area (Å²) in [6, 6.07) is 0.827. The topological polar surface area (TPSA) is 24.1 Å². The molecule has 1 unspecified atom stereocenters. The van der Waals surface area contributed by atoms with Crippen molar-refractivity contribution < 1.29 is 0 Å². The zero-order valence-electron chi connectivity index (χ0n) is 5.65. The average Bonchev–Trinajstić information content (AvgIpc) is 1.78. The standard InChI is InChI=1S/C7H12N2/c1-3-6(2)9-7-4-8-5-7/h1,6-9H,4-5H2,2H3. The highest BCUT2D eigenvalue weighted by Gasteiger charge is 2.16. The number of rotatable bonds is 2. The van der Waals surface area contributed by atoms with Gasteiger partial charge in [-0.1, -0.05) is 5.92 Å². The molecular formula is C7H12N2. The van der Waals surface area contributed by atoms with Gasteiger partial charge in [0, 0.05) is 19.1 Å². The lowest BCUT2D eigenvalue weighted by molar-refractivity contribution is 0.357. The zero-order valence-corrected chi connectivity index (χ0v) is 5.65. The first-order valence-electron chi connectivity index (χ1n) is 3.26. The van der Waals surface area contributed by atoms with E-state index in [1.165, 1.54) is 0 Å². The molecule has 1 heterocycles. The van der Waals surface area contributed by atoms with Gasteiger partial charge in [0.25, 0.3) is 0 Å². The van der Waals surface area contributed by atoms with Crippen molar-refractivity contribution in [2.75, 3.05) is 13.1 Å². The largest absolute Gasteiger partial charge is 0.314 e. The van der Waals surface area contributed by atoms with Crippen molar-refractivity contribution in [3.05, 3.63) is 0 Å². The highest BCUT2D eigenvalue weighted by atomic mass is 15.1. The first kappa shape index (κ1) is 6.60. The monoisotopic (exact) mass is 124 g/mol. The summed E-state index contributed by atoms with van der Waals surface area (Å²) in [5.74, 6) is 2.63. The number of nitrogens with one attached hydrogen (secondary N) is 2. The van der Waals surface area contributed by atoms with Crippen LogP contribution in [0.3, 0.4) is 0 Å². The van der Waals surface area contributed by atoms with Gasteiger partial charge in [-0.15, -0.1) is 6.42 Å². The molecule has 1 rings (SSSR count). The van der Waals surface area contributed by atoms with Crippen molar-refractivity contribution >= 4 is 0 Å². The van der Waals surface area contributed by atoms with Gasteiger partial charge >= 0.3 is 0 Å². The lowest BCUT2D eigenvalue weighted by atomic mass is 10.1. The van der Waals surface area contributed by atoms with Crippen LogP contribution in [0.25, 0.3) is 0 Å². The Morgan fingerprint density at radius 3 is 2.78 bits per heavy atom. The summed E-state index contributed by atoms with van der Waals surface area (Å²) in [6.45, 7) is 4.12. The molecule has 1 aliphatic rings. The van der Waals surface area contributed by atoms with Crippen molar-refractivity contribution in [2.24, 2.45) is 0 Å². The molecule has 9 heavy (non-hydrogen) atoms. The molecule has 0 spiro atoms. The van der Waals surface area contributed by atoms with E-state index in [-0.39, 0.29) is 6.04 Å². The molecule has 1 aliphatic heterocycles. The van der Waals surface area contributed by atoms with E-state index in [1.807, 2.05) is 6.92 Å². The third-order valence-corrected chi connectivity index (χ3v) is 1.52. The fourth-order valence-electron chi connectivity index (χ4n) is 0.808. The summed E-state index contributed by atoms with van der Waals surface area (Å²) in [6.07, 6.45) is 5.17. The van der Waals surface area contributed by atoms with Gasteiger partial charge in [-0.05, 0) is 6.92 Å². The van der Waals surface area contributed by atoms with Gasteiger partial charge in [0.1, 0.15) is 0 Å². The first-order valence-corrected chi connectivity index (χ1v) is 3.26. The maximum absolute atomic E-state index is 5.17. The second-order valence-electron chi connectivity index (χ2n) is 2.41. The van der Waals surface area contributed by atoms with Gasteiger partial charge in [0.2, 0.25) is 0 Å². The molecule has 1 atom stereocenters. The minimum atomic E-state index is 0.220. The van der Waals surface area contributed by atoms with Crippen LogP contribution in [0.15, 0.2) is 0 Å². The Morgan fingerprint density at radius 2 is 2.44 bits per heavy atom. The highest BCUT2D eigenvalue weighted by Crippen LogP contribution is 1.91. The minimum Gasteiger partial charge on any atom is -0.314 e. The van der Waals surface area contributed by atoms with Crippen molar-refractivity contribution in [3.8, 4) is 12.3 Å².